The van der Waals surface area contributed by atoms with Crippen LogP contribution in [-0.2, 0) is 0 Å². The summed E-state index contributed by atoms with van der Waals surface area (Å²) in [6.07, 6.45) is 4.28. The minimum Gasteiger partial charge on any atom is -0.478 e. The van der Waals surface area contributed by atoms with Crippen LogP contribution in [0.15, 0.2) is 18.2 Å². The van der Waals surface area contributed by atoms with E-state index >= 15 is 0 Å². The summed E-state index contributed by atoms with van der Waals surface area (Å²) in [7, 11) is 0. The standard InChI is InChI=1S/C15H19ClN2O3/c1-9-3-2-4-12(5-9)17-15(21)18-13-7-10(14(19)20)6-11(16)8-13/h6-9,12H,2-5H2,1H3,(H,19,20)(H2,17,18,21). The molecule has 114 valence electrons. The van der Waals surface area contributed by atoms with E-state index in [1.807, 2.05) is 0 Å². The van der Waals surface area contributed by atoms with E-state index in [-0.39, 0.29) is 22.7 Å². The quantitative estimate of drug-likeness (QED) is 0.795. The van der Waals surface area contributed by atoms with Crippen LogP contribution in [0.5, 0.6) is 0 Å². The van der Waals surface area contributed by atoms with Crippen LogP contribution in [0.4, 0.5) is 10.5 Å². The summed E-state index contributed by atoms with van der Waals surface area (Å²) in [4.78, 5) is 22.9. The number of benzene rings is 1. The lowest BCUT2D eigenvalue weighted by Gasteiger charge is -2.27. The number of halogens is 1. The van der Waals surface area contributed by atoms with E-state index in [1.165, 1.54) is 24.6 Å². The van der Waals surface area contributed by atoms with Gasteiger partial charge in [0, 0.05) is 16.8 Å². The number of carbonyl (C=O) groups excluding carboxylic acids is 1. The third-order valence-electron chi connectivity index (χ3n) is 3.67. The van der Waals surface area contributed by atoms with Crippen molar-refractivity contribution < 1.29 is 14.7 Å². The largest absolute Gasteiger partial charge is 0.478 e. The van der Waals surface area contributed by atoms with Gasteiger partial charge in [-0.2, -0.15) is 0 Å². The zero-order valence-electron chi connectivity index (χ0n) is 11.9. The first kappa shape index (κ1) is 15.6. The van der Waals surface area contributed by atoms with Gasteiger partial charge in [-0.3, -0.25) is 0 Å². The molecule has 1 aromatic rings. The highest BCUT2D eigenvalue weighted by molar-refractivity contribution is 6.31. The number of rotatable bonds is 3. The van der Waals surface area contributed by atoms with Crippen molar-refractivity contribution in [2.24, 2.45) is 5.92 Å². The topological polar surface area (TPSA) is 78.4 Å². The van der Waals surface area contributed by atoms with Crippen LogP contribution in [0.25, 0.3) is 0 Å². The van der Waals surface area contributed by atoms with Gasteiger partial charge >= 0.3 is 12.0 Å². The van der Waals surface area contributed by atoms with Crippen molar-refractivity contribution in [1.82, 2.24) is 5.32 Å². The third kappa shape index (κ3) is 4.63. The molecule has 1 fully saturated rings. The van der Waals surface area contributed by atoms with Gasteiger partial charge in [0.25, 0.3) is 0 Å². The van der Waals surface area contributed by atoms with Gasteiger partial charge in [-0.25, -0.2) is 9.59 Å². The second kappa shape index (κ2) is 6.80. The highest BCUT2D eigenvalue weighted by Crippen LogP contribution is 2.24. The fourth-order valence-electron chi connectivity index (χ4n) is 2.70. The normalized spacial score (nSPS) is 21.6. The fourth-order valence-corrected chi connectivity index (χ4v) is 2.94. The van der Waals surface area contributed by atoms with E-state index in [1.54, 1.807) is 0 Å². The molecule has 0 heterocycles. The average molecular weight is 311 g/mol. The lowest BCUT2D eigenvalue weighted by atomic mass is 9.87. The first-order chi connectivity index (χ1) is 9.94. The summed E-state index contributed by atoms with van der Waals surface area (Å²) in [5.41, 5.74) is 0.422. The van der Waals surface area contributed by atoms with Crippen molar-refractivity contribution in [2.75, 3.05) is 5.32 Å². The summed E-state index contributed by atoms with van der Waals surface area (Å²) in [5.74, 6) is -0.462. The first-order valence-corrected chi connectivity index (χ1v) is 7.43. The Hall–Kier alpha value is -1.75. The van der Waals surface area contributed by atoms with E-state index in [4.69, 9.17) is 16.7 Å². The maximum absolute atomic E-state index is 12.0. The molecule has 2 atom stereocenters. The van der Waals surface area contributed by atoms with E-state index in [0.29, 0.717) is 11.6 Å². The maximum atomic E-state index is 12.0. The minimum atomic E-state index is -1.08. The van der Waals surface area contributed by atoms with Crippen LogP contribution in [-0.4, -0.2) is 23.1 Å². The van der Waals surface area contributed by atoms with Crippen molar-refractivity contribution in [3.05, 3.63) is 28.8 Å². The molecule has 5 nitrogen and oxygen atoms in total. The van der Waals surface area contributed by atoms with E-state index < -0.39 is 5.97 Å². The average Bonchev–Trinajstić information content (AvgIpc) is 2.37. The summed E-state index contributed by atoms with van der Waals surface area (Å²) in [6.45, 7) is 2.18. The van der Waals surface area contributed by atoms with E-state index in [9.17, 15) is 9.59 Å². The second-order valence-electron chi connectivity index (χ2n) is 5.60. The molecule has 0 aromatic heterocycles. The number of urea groups is 1. The molecule has 0 spiro atoms. The summed E-state index contributed by atoms with van der Waals surface area (Å²) in [5, 5.41) is 14.8. The molecule has 21 heavy (non-hydrogen) atoms. The Morgan fingerprint density at radius 2 is 2.05 bits per heavy atom. The van der Waals surface area contributed by atoms with Crippen molar-refractivity contribution in [1.29, 1.82) is 0 Å². The Morgan fingerprint density at radius 1 is 1.29 bits per heavy atom. The Labute approximate surface area is 128 Å². The number of carbonyl (C=O) groups is 2. The zero-order chi connectivity index (χ0) is 15.4. The van der Waals surface area contributed by atoms with Gasteiger partial charge in [-0.05, 0) is 37.0 Å². The van der Waals surface area contributed by atoms with Gasteiger partial charge < -0.3 is 15.7 Å². The molecule has 1 aromatic carbocycles. The molecule has 2 rings (SSSR count). The Kier molecular flexibility index (Phi) is 5.07. The lowest BCUT2D eigenvalue weighted by Crippen LogP contribution is -2.40. The summed E-state index contributed by atoms with van der Waals surface area (Å²) in [6, 6.07) is 4.10. The number of hydrogen-bond acceptors (Lipinski definition) is 2. The van der Waals surface area contributed by atoms with E-state index in [0.717, 1.165) is 19.3 Å². The highest BCUT2D eigenvalue weighted by atomic mass is 35.5. The number of carboxylic acids is 1. The highest BCUT2D eigenvalue weighted by Gasteiger charge is 2.20. The van der Waals surface area contributed by atoms with Gasteiger partial charge in [0.1, 0.15) is 0 Å². The van der Waals surface area contributed by atoms with Gasteiger partial charge in [-0.1, -0.05) is 31.4 Å². The van der Waals surface area contributed by atoms with Crippen LogP contribution < -0.4 is 10.6 Å². The third-order valence-corrected chi connectivity index (χ3v) is 3.89. The zero-order valence-corrected chi connectivity index (χ0v) is 12.6. The predicted molar refractivity (Wildman–Crippen MR) is 82.0 cm³/mol. The van der Waals surface area contributed by atoms with Crippen LogP contribution >= 0.6 is 11.6 Å². The molecule has 2 unspecified atom stereocenters. The number of nitrogens with one attached hydrogen (secondary N) is 2. The molecule has 0 radical (unpaired) electrons. The molecule has 1 aliphatic carbocycles. The maximum Gasteiger partial charge on any atom is 0.335 e. The van der Waals surface area contributed by atoms with Gasteiger partial charge in [0.2, 0.25) is 0 Å². The smallest absolute Gasteiger partial charge is 0.335 e. The van der Waals surface area contributed by atoms with Crippen molar-refractivity contribution in [3.63, 3.8) is 0 Å². The monoisotopic (exact) mass is 310 g/mol. The summed E-state index contributed by atoms with van der Waals surface area (Å²) < 4.78 is 0. The van der Waals surface area contributed by atoms with Gasteiger partial charge in [-0.15, -0.1) is 0 Å². The molecular weight excluding hydrogens is 292 g/mol. The molecule has 0 bridgehead atoms. The minimum absolute atomic E-state index is 0.0455. The second-order valence-corrected chi connectivity index (χ2v) is 6.04. The molecule has 3 N–H and O–H groups in total. The molecule has 1 saturated carbocycles. The molecular formula is C15H19ClN2O3. The first-order valence-electron chi connectivity index (χ1n) is 7.05. The molecule has 2 amide bonds. The Morgan fingerprint density at radius 3 is 2.71 bits per heavy atom. The molecule has 0 aliphatic heterocycles. The molecule has 6 heteroatoms. The van der Waals surface area contributed by atoms with Crippen molar-refractivity contribution >= 4 is 29.3 Å². The lowest BCUT2D eigenvalue weighted by molar-refractivity contribution is 0.0697. The Bertz CT molecular complexity index is 548. The Balaban J connectivity index is 1.97. The number of amides is 2. The SMILES string of the molecule is CC1CCCC(NC(=O)Nc2cc(Cl)cc(C(=O)O)c2)C1. The number of hydrogen-bond donors (Lipinski definition) is 3. The van der Waals surface area contributed by atoms with Crippen molar-refractivity contribution in [3.8, 4) is 0 Å². The fraction of sp³-hybridized carbons (Fsp3) is 0.467. The number of aromatic carboxylic acids is 1. The molecule has 1 aliphatic rings. The van der Waals surface area contributed by atoms with Crippen molar-refractivity contribution in [2.45, 2.75) is 38.6 Å². The predicted octanol–water partition coefficient (Wildman–Crippen LogP) is 3.74. The van der Waals surface area contributed by atoms with Gasteiger partial charge in [0.15, 0.2) is 0 Å². The van der Waals surface area contributed by atoms with Crippen LogP contribution in [0.2, 0.25) is 5.02 Å². The van der Waals surface area contributed by atoms with Crippen LogP contribution in [0.1, 0.15) is 43.0 Å². The molecule has 0 saturated heterocycles. The van der Waals surface area contributed by atoms with E-state index in [2.05, 4.69) is 17.6 Å². The number of anilines is 1. The number of carboxylic acid groups (broad SMARTS) is 1. The van der Waals surface area contributed by atoms with Crippen LogP contribution in [0, 0.1) is 5.92 Å². The summed E-state index contributed by atoms with van der Waals surface area (Å²) >= 11 is 5.85. The van der Waals surface area contributed by atoms with Crippen LogP contribution in [0.3, 0.4) is 0 Å². The van der Waals surface area contributed by atoms with Gasteiger partial charge in [0.05, 0.1) is 5.56 Å².